The number of fused-ring (bicyclic) bond motifs is 1. The van der Waals surface area contributed by atoms with Gasteiger partial charge in [-0.05, 0) is 63.2 Å². The molecule has 106 valence electrons. The van der Waals surface area contributed by atoms with Gasteiger partial charge in [-0.15, -0.1) is 0 Å². The minimum Gasteiger partial charge on any atom is -0.486 e. The second-order valence-electron chi connectivity index (χ2n) is 5.01. The van der Waals surface area contributed by atoms with Crippen molar-refractivity contribution >= 4 is 31.9 Å². The zero-order chi connectivity index (χ0) is 14.1. The number of benzene rings is 1. The van der Waals surface area contributed by atoms with Crippen LogP contribution in [-0.2, 0) is 6.54 Å². The molecule has 0 N–H and O–H groups in total. The fraction of sp³-hybridized carbons (Fsp3) is 0.333. The summed E-state index contributed by atoms with van der Waals surface area (Å²) >= 11 is 6.98. The maximum Gasteiger partial charge on any atom is 0.128 e. The van der Waals surface area contributed by atoms with Crippen molar-refractivity contribution in [1.82, 2.24) is 4.90 Å². The van der Waals surface area contributed by atoms with Gasteiger partial charge in [-0.2, -0.15) is 0 Å². The summed E-state index contributed by atoms with van der Waals surface area (Å²) in [7, 11) is 2.10. The lowest BCUT2D eigenvalue weighted by Gasteiger charge is -2.18. The topological polar surface area (TPSA) is 25.6 Å². The van der Waals surface area contributed by atoms with Gasteiger partial charge in [0.05, 0.1) is 12.8 Å². The number of halogens is 2. The van der Waals surface area contributed by atoms with Crippen LogP contribution in [0.1, 0.15) is 23.8 Å². The number of ether oxygens (including phenoxy) is 1. The van der Waals surface area contributed by atoms with Crippen LogP contribution in [0.15, 0.2) is 43.9 Å². The summed E-state index contributed by atoms with van der Waals surface area (Å²) in [5, 5.41) is 0. The molecule has 0 amide bonds. The molecule has 0 bridgehead atoms. The van der Waals surface area contributed by atoms with Gasteiger partial charge in [-0.3, -0.25) is 4.90 Å². The molecule has 1 aromatic heterocycles. The Kier molecular flexibility index (Phi) is 4.19. The summed E-state index contributed by atoms with van der Waals surface area (Å²) in [4.78, 5) is 2.25. The zero-order valence-electron chi connectivity index (χ0n) is 11.1. The van der Waals surface area contributed by atoms with Gasteiger partial charge in [-0.1, -0.05) is 0 Å². The Balaban J connectivity index is 1.85. The van der Waals surface area contributed by atoms with Crippen LogP contribution < -0.4 is 4.74 Å². The van der Waals surface area contributed by atoms with Crippen molar-refractivity contribution in [1.29, 1.82) is 0 Å². The number of rotatable bonds is 2. The maximum absolute atomic E-state index is 6.17. The normalized spacial score (nSPS) is 19.4. The van der Waals surface area contributed by atoms with E-state index in [-0.39, 0.29) is 6.10 Å². The van der Waals surface area contributed by atoms with Crippen molar-refractivity contribution in [3.63, 3.8) is 0 Å². The predicted octanol–water partition coefficient (Wildman–Crippen LogP) is 4.76. The summed E-state index contributed by atoms with van der Waals surface area (Å²) in [6, 6.07) is 7.97. The lowest BCUT2D eigenvalue weighted by Crippen LogP contribution is -2.18. The largest absolute Gasteiger partial charge is 0.486 e. The Bertz CT molecular complexity index is 612. The molecule has 1 unspecified atom stereocenters. The zero-order valence-corrected chi connectivity index (χ0v) is 14.3. The van der Waals surface area contributed by atoms with E-state index in [9.17, 15) is 0 Å². The van der Waals surface area contributed by atoms with Crippen molar-refractivity contribution in [2.75, 3.05) is 13.6 Å². The van der Waals surface area contributed by atoms with Gasteiger partial charge >= 0.3 is 0 Å². The molecular weight excluding hydrogens is 386 g/mol. The molecular formula is C15H15Br2NO2. The lowest BCUT2D eigenvalue weighted by molar-refractivity contribution is 0.182. The highest BCUT2D eigenvalue weighted by Gasteiger charge is 2.24. The van der Waals surface area contributed by atoms with Crippen LogP contribution in [0.4, 0.5) is 0 Å². The van der Waals surface area contributed by atoms with E-state index in [0.29, 0.717) is 0 Å². The van der Waals surface area contributed by atoms with Crippen molar-refractivity contribution < 1.29 is 9.15 Å². The van der Waals surface area contributed by atoms with E-state index >= 15 is 0 Å². The smallest absolute Gasteiger partial charge is 0.128 e. The first kappa shape index (κ1) is 14.2. The molecule has 0 radical (unpaired) electrons. The summed E-state index contributed by atoms with van der Waals surface area (Å²) in [5.41, 5.74) is 1.16. The number of nitrogens with zero attached hydrogens (tertiary/aromatic N) is 1. The van der Waals surface area contributed by atoms with Gasteiger partial charge in [0.25, 0.3) is 0 Å². The van der Waals surface area contributed by atoms with Crippen LogP contribution in [0.2, 0.25) is 0 Å². The SMILES string of the molecule is CN1CCC(Oc2ccc(Br)c(Br)c2)c2ccoc2C1. The second-order valence-corrected chi connectivity index (χ2v) is 6.72. The number of furan rings is 1. The minimum absolute atomic E-state index is 0.0433. The summed E-state index contributed by atoms with van der Waals surface area (Å²) in [5.74, 6) is 1.87. The molecule has 0 saturated carbocycles. The lowest BCUT2D eigenvalue weighted by atomic mass is 10.1. The molecule has 0 fully saturated rings. The van der Waals surface area contributed by atoms with Crippen molar-refractivity contribution in [3.05, 3.63) is 50.8 Å². The Morgan fingerprint density at radius 2 is 2.10 bits per heavy atom. The molecule has 1 aliphatic rings. The molecule has 2 aromatic rings. The van der Waals surface area contributed by atoms with Crippen LogP contribution in [0.5, 0.6) is 5.75 Å². The third-order valence-electron chi connectivity index (χ3n) is 3.48. The van der Waals surface area contributed by atoms with E-state index in [1.165, 1.54) is 0 Å². The molecule has 1 atom stereocenters. The summed E-state index contributed by atoms with van der Waals surface area (Å²) < 4.78 is 13.8. The first-order valence-corrected chi connectivity index (χ1v) is 8.08. The fourth-order valence-electron chi connectivity index (χ4n) is 2.42. The standard InChI is InChI=1S/C15H15Br2NO2/c1-18-6-4-14(11-5-7-19-15(11)9-18)20-10-2-3-12(16)13(17)8-10/h2-3,5,7-8,14H,4,6,9H2,1H3. The van der Waals surface area contributed by atoms with Crippen LogP contribution >= 0.6 is 31.9 Å². The molecule has 20 heavy (non-hydrogen) atoms. The Hall–Kier alpha value is -0.780. The van der Waals surface area contributed by atoms with Gasteiger partial charge in [0.15, 0.2) is 0 Å². The third kappa shape index (κ3) is 2.95. The summed E-state index contributed by atoms with van der Waals surface area (Å²) in [6.07, 6.45) is 2.75. The van der Waals surface area contributed by atoms with E-state index < -0.39 is 0 Å². The average molecular weight is 401 g/mol. The molecule has 0 spiro atoms. The number of hydrogen-bond acceptors (Lipinski definition) is 3. The highest BCUT2D eigenvalue weighted by atomic mass is 79.9. The van der Waals surface area contributed by atoms with Gasteiger partial charge in [0.1, 0.15) is 17.6 Å². The minimum atomic E-state index is 0.0433. The maximum atomic E-state index is 6.17. The van der Waals surface area contributed by atoms with Crippen LogP contribution in [0, 0.1) is 0 Å². The van der Waals surface area contributed by atoms with Crippen LogP contribution in [0.3, 0.4) is 0 Å². The van der Waals surface area contributed by atoms with E-state index in [1.54, 1.807) is 6.26 Å². The fourth-order valence-corrected chi connectivity index (χ4v) is 3.02. The Morgan fingerprint density at radius 1 is 1.25 bits per heavy atom. The van der Waals surface area contributed by atoms with E-state index in [4.69, 9.17) is 9.15 Å². The van der Waals surface area contributed by atoms with Crippen molar-refractivity contribution in [3.8, 4) is 5.75 Å². The highest BCUT2D eigenvalue weighted by Crippen LogP contribution is 2.34. The Morgan fingerprint density at radius 3 is 2.90 bits per heavy atom. The van der Waals surface area contributed by atoms with E-state index in [0.717, 1.165) is 45.5 Å². The second kappa shape index (κ2) is 5.92. The van der Waals surface area contributed by atoms with E-state index in [1.807, 2.05) is 24.3 Å². The molecule has 5 heteroatoms. The molecule has 0 saturated heterocycles. The van der Waals surface area contributed by atoms with Crippen molar-refractivity contribution in [2.24, 2.45) is 0 Å². The monoisotopic (exact) mass is 399 g/mol. The first-order chi connectivity index (χ1) is 9.63. The van der Waals surface area contributed by atoms with Crippen molar-refractivity contribution in [2.45, 2.75) is 19.1 Å². The van der Waals surface area contributed by atoms with Gasteiger partial charge < -0.3 is 9.15 Å². The molecule has 3 rings (SSSR count). The van der Waals surface area contributed by atoms with Crippen LogP contribution in [-0.4, -0.2) is 18.5 Å². The molecule has 3 nitrogen and oxygen atoms in total. The highest BCUT2D eigenvalue weighted by molar-refractivity contribution is 9.13. The molecule has 0 aliphatic carbocycles. The average Bonchev–Trinajstić information content (AvgIpc) is 2.81. The van der Waals surface area contributed by atoms with Gasteiger partial charge in [0, 0.05) is 27.5 Å². The number of hydrogen-bond donors (Lipinski definition) is 0. The summed E-state index contributed by atoms with van der Waals surface area (Å²) in [6.45, 7) is 1.83. The molecule has 2 heterocycles. The van der Waals surface area contributed by atoms with Crippen LogP contribution in [0.25, 0.3) is 0 Å². The van der Waals surface area contributed by atoms with E-state index in [2.05, 4.69) is 43.8 Å². The molecule has 1 aliphatic heterocycles. The predicted molar refractivity (Wildman–Crippen MR) is 84.9 cm³/mol. The first-order valence-electron chi connectivity index (χ1n) is 6.50. The quantitative estimate of drug-likeness (QED) is 0.726. The third-order valence-corrected chi connectivity index (χ3v) is 5.36. The Labute approximate surface area is 135 Å². The van der Waals surface area contributed by atoms with Gasteiger partial charge in [0.2, 0.25) is 0 Å². The molecule has 1 aromatic carbocycles. The van der Waals surface area contributed by atoms with Gasteiger partial charge in [-0.25, -0.2) is 0 Å².